The summed E-state index contributed by atoms with van der Waals surface area (Å²) in [5, 5.41) is 5.76. The quantitative estimate of drug-likeness (QED) is 0.688. The first-order valence-electron chi connectivity index (χ1n) is 8.99. The molecule has 0 aromatic heterocycles. The predicted molar refractivity (Wildman–Crippen MR) is 109 cm³/mol. The number of carbonyl (C=O) groups excluding carboxylic acids is 2. The van der Waals surface area contributed by atoms with E-state index in [1.54, 1.807) is 55.7 Å². The molecule has 2 amide bonds. The molecule has 0 fully saturated rings. The van der Waals surface area contributed by atoms with Crippen LogP contribution in [0.1, 0.15) is 46.5 Å². The van der Waals surface area contributed by atoms with Crippen LogP contribution in [-0.2, 0) is 6.42 Å². The van der Waals surface area contributed by atoms with Gasteiger partial charge in [0, 0.05) is 11.6 Å². The number of nitrogens with one attached hydrogen (secondary N) is 2. The number of hydrogen-bond donors (Lipinski definition) is 2. The number of allylic oxidation sites excluding steroid dienone is 1. The Morgan fingerprint density at radius 2 is 1.93 bits per heavy atom. The van der Waals surface area contributed by atoms with Crippen LogP contribution in [0.4, 0.5) is 5.69 Å². The van der Waals surface area contributed by atoms with E-state index in [1.807, 2.05) is 13.8 Å². The maximum atomic E-state index is 12.7. The molecule has 27 heavy (non-hydrogen) atoms. The zero-order chi connectivity index (χ0) is 19.8. The molecule has 5 heteroatoms. The lowest BCUT2D eigenvalue weighted by Gasteiger charge is -2.15. The standard InChI is InChI=1S/C22H26N2O3/c1-5-9-16-14-17(12-13-20(16)27-4)21(25)24-19-11-8-7-10-18(19)22(26)23-15(3)6-2/h5,7-8,10-15H,1,6,9H2,2-4H3,(H,23,26)(H,24,25)/t15-/m1/s1. The van der Waals surface area contributed by atoms with Crippen LogP contribution in [0.25, 0.3) is 0 Å². The summed E-state index contributed by atoms with van der Waals surface area (Å²) >= 11 is 0. The van der Waals surface area contributed by atoms with Crippen molar-refractivity contribution >= 4 is 17.5 Å². The molecule has 2 N–H and O–H groups in total. The molecule has 142 valence electrons. The highest BCUT2D eigenvalue weighted by atomic mass is 16.5. The van der Waals surface area contributed by atoms with Crippen molar-refractivity contribution in [1.82, 2.24) is 5.32 Å². The summed E-state index contributed by atoms with van der Waals surface area (Å²) in [6, 6.07) is 12.3. The van der Waals surface area contributed by atoms with Gasteiger partial charge in [0.25, 0.3) is 11.8 Å². The van der Waals surface area contributed by atoms with Crippen LogP contribution in [0.5, 0.6) is 5.75 Å². The molecule has 0 spiro atoms. The Hall–Kier alpha value is -3.08. The first-order chi connectivity index (χ1) is 13.0. The Kier molecular flexibility index (Phi) is 7.17. The molecule has 0 aliphatic rings. The summed E-state index contributed by atoms with van der Waals surface area (Å²) in [7, 11) is 1.59. The second-order valence-corrected chi connectivity index (χ2v) is 6.30. The zero-order valence-corrected chi connectivity index (χ0v) is 16.0. The van der Waals surface area contributed by atoms with Crippen LogP contribution >= 0.6 is 0 Å². The van der Waals surface area contributed by atoms with E-state index in [9.17, 15) is 9.59 Å². The Bertz CT molecular complexity index is 830. The van der Waals surface area contributed by atoms with Gasteiger partial charge in [-0.1, -0.05) is 25.1 Å². The van der Waals surface area contributed by atoms with Crippen LogP contribution in [-0.4, -0.2) is 25.0 Å². The topological polar surface area (TPSA) is 67.4 Å². The van der Waals surface area contributed by atoms with Crippen molar-refractivity contribution in [3.63, 3.8) is 0 Å². The molecule has 0 aliphatic heterocycles. The minimum Gasteiger partial charge on any atom is -0.496 e. The molecule has 0 saturated carbocycles. The number of rotatable bonds is 8. The van der Waals surface area contributed by atoms with Gasteiger partial charge in [-0.15, -0.1) is 6.58 Å². The van der Waals surface area contributed by atoms with E-state index < -0.39 is 0 Å². The van der Waals surface area contributed by atoms with Crippen LogP contribution in [0.3, 0.4) is 0 Å². The summed E-state index contributed by atoms with van der Waals surface area (Å²) in [5.74, 6) is 0.217. The van der Waals surface area contributed by atoms with Gasteiger partial charge in [-0.25, -0.2) is 0 Å². The lowest BCUT2D eigenvalue weighted by atomic mass is 10.1. The minimum atomic E-state index is -0.285. The summed E-state index contributed by atoms with van der Waals surface area (Å²) in [4.78, 5) is 25.2. The van der Waals surface area contributed by atoms with Crippen LogP contribution in [0, 0.1) is 0 Å². The number of methoxy groups -OCH3 is 1. The predicted octanol–water partition coefficient (Wildman–Crippen LogP) is 4.20. The highest BCUT2D eigenvalue weighted by Crippen LogP contribution is 2.22. The number of benzene rings is 2. The van der Waals surface area contributed by atoms with E-state index in [2.05, 4.69) is 17.2 Å². The van der Waals surface area contributed by atoms with Gasteiger partial charge >= 0.3 is 0 Å². The summed E-state index contributed by atoms with van der Waals surface area (Å²) < 4.78 is 5.32. The Labute approximate surface area is 160 Å². The van der Waals surface area contributed by atoms with Gasteiger partial charge < -0.3 is 15.4 Å². The molecular formula is C22H26N2O3. The van der Waals surface area contributed by atoms with Crippen LogP contribution < -0.4 is 15.4 Å². The molecule has 2 aromatic rings. The van der Waals surface area contributed by atoms with Crippen molar-refractivity contribution in [2.45, 2.75) is 32.7 Å². The Balaban J connectivity index is 2.25. The van der Waals surface area contributed by atoms with Crippen molar-refractivity contribution in [2.75, 3.05) is 12.4 Å². The zero-order valence-electron chi connectivity index (χ0n) is 16.0. The fourth-order valence-corrected chi connectivity index (χ4v) is 2.62. The van der Waals surface area contributed by atoms with Crippen molar-refractivity contribution in [3.8, 4) is 5.75 Å². The monoisotopic (exact) mass is 366 g/mol. The molecule has 0 saturated heterocycles. The van der Waals surface area contributed by atoms with Crippen LogP contribution in [0.15, 0.2) is 55.1 Å². The highest BCUT2D eigenvalue weighted by Gasteiger charge is 2.16. The second-order valence-electron chi connectivity index (χ2n) is 6.30. The number of ether oxygens (including phenoxy) is 1. The van der Waals surface area contributed by atoms with Gasteiger partial charge in [-0.05, 0) is 55.7 Å². The third-order valence-electron chi connectivity index (χ3n) is 4.32. The first-order valence-corrected chi connectivity index (χ1v) is 8.99. The van der Waals surface area contributed by atoms with E-state index in [0.29, 0.717) is 29.0 Å². The van der Waals surface area contributed by atoms with Gasteiger partial charge in [0.1, 0.15) is 5.75 Å². The van der Waals surface area contributed by atoms with Gasteiger partial charge in [0.2, 0.25) is 0 Å². The van der Waals surface area contributed by atoms with Crippen molar-refractivity contribution in [2.24, 2.45) is 0 Å². The van der Waals surface area contributed by atoms with Crippen molar-refractivity contribution in [3.05, 3.63) is 71.8 Å². The molecule has 0 heterocycles. The number of hydrogen-bond acceptors (Lipinski definition) is 3. The number of carbonyl (C=O) groups is 2. The first kappa shape index (κ1) is 20.2. The molecule has 2 aromatic carbocycles. The lowest BCUT2D eigenvalue weighted by molar-refractivity contribution is 0.0940. The van der Waals surface area contributed by atoms with Gasteiger partial charge in [0.15, 0.2) is 0 Å². The van der Waals surface area contributed by atoms with Crippen molar-refractivity contribution in [1.29, 1.82) is 0 Å². The summed E-state index contributed by atoms with van der Waals surface area (Å²) in [5.41, 5.74) is 2.28. The second kappa shape index (κ2) is 9.57. The smallest absolute Gasteiger partial charge is 0.255 e. The fraction of sp³-hybridized carbons (Fsp3) is 0.273. The Morgan fingerprint density at radius 1 is 1.19 bits per heavy atom. The van der Waals surface area contributed by atoms with Crippen LogP contribution in [0.2, 0.25) is 0 Å². The third kappa shape index (κ3) is 5.20. The highest BCUT2D eigenvalue weighted by molar-refractivity contribution is 6.09. The maximum Gasteiger partial charge on any atom is 0.255 e. The number of para-hydroxylation sites is 1. The normalized spacial score (nSPS) is 11.4. The molecule has 5 nitrogen and oxygen atoms in total. The number of amides is 2. The van der Waals surface area contributed by atoms with E-state index in [0.717, 1.165) is 12.0 Å². The third-order valence-corrected chi connectivity index (χ3v) is 4.32. The van der Waals surface area contributed by atoms with Gasteiger partial charge in [-0.2, -0.15) is 0 Å². The number of anilines is 1. The van der Waals surface area contributed by atoms with E-state index >= 15 is 0 Å². The Morgan fingerprint density at radius 3 is 2.59 bits per heavy atom. The average Bonchev–Trinajstić information content (AvgIpc) is 2.68. The molecule has 0 unspecified atom stereocenters. The molecular weight excluding hydrogens is 340 g/mol. The van der Waals surface area contributed by atoms with Gasteiger partial charge in [-0.3, -0.25) is 9.59 Å². The molecule has 0 bridgehead atoms. The lowest BCUT2D eigenvalue weighted by Crippen LogP contribution is -2.32. The van der Waals surface area contributed by atoms with Gasteiger partial charge in [0.05, 0.1) is 18.4 Å². The fourth-order valence-electron chi connectivity index (χ4n) is 2.62. The van der Waals surface area contributed by atoms with Crippen molar-refractivity contribution < 1.29 is 14.3 Å². The maximum absolute atomic E-state index is 12.7. The SMILES string of the molecule is C=CCc1cc(C(=O)Nc2ccccc2C(=O)N[C@H](C)CC)ccc1OC. The van der Waals surface area contributed by atoms with E-state index in [4.69, 9.17) is 4.74 Å². The minimum absolute atomic E-state index is 0.0595. The largest absolute Gasteiger partial charge is 0.496 e. The molecule has 1 atom stereocenters. The summed E-state index contributed by atoms with van der Waals surface area (Å²) in [6.07, 6.45) is 3.18. The summed E-state index contributed by atoms with van der Waals surface area (Å²) in [6.45, 7) is 7.68. The average molecular weight is 366 g/mol. The molecule has 0 aliphatic carbocycles. The van der Waals surface area contributed by atoms with E-state index in [-0.39, 0.29) is 17.9 Å². The van der Waals surface area contributed by atoms with E-state index in [1.165, 1.54) is 0 Å². The molecule has 2 rings (SSSR count). The molecule has 0 radical (unpaired) electrons.